The Bertz CT molecular complexity index is 1100. The largest absolute Gasteiger partial charge is 0.469 e. The Labute approximate surface area is 219 Å². The number of carbonyl (C=O) groups is 2. The fourth-order valence-corrected chi connectivity index (χ4v) is 5.68. The molecule has 2 N–H and O–H groups in total. The Morgan fingerprint density at radius 2 is 1.72 bits per heavy atom. The molecule has 1 saturated carbocycles. The molecule has 0 aromatic heterocycles. The third-order valence-corrected chi connectivity index (χ3v) is 7.72. The fraction of sp³-hybridized carbons (Fsp3) is 0.400. The predicted molar refractivity (Wildman–Crippen MR) is 150 cm³/mol. The molecule has 1 amide bonds. The minimum absolute atomic E-state index is 0.181. The second-order valence-corrected chi connectivity index (χ2v) is 10.5. The van der Waals surface area contributed by atoms with Gasteiger partial charge >= 0.3 is 5.97 Å². The van der Waals surface area contributed by atoms with Crippen LogP contribution in [0.1, 0.15) is 67.9 Å². The van der Waals surface area contributed by atoms with E-state index in [1.165, 1.54) is 49.1 Å². The first-order valence-electron chi connectivity index (χ1n) is 12.8. The van der Waals surface area contributed by atoms with E-state index in [2.05, 4.69) is 71.1 Å². The van der Waals surface area contributed by atoms with Crippen LogP contribution >= 0.6 is 11.9 Å². The summed E-state index contributed by atoms with van der Waals surface area (Å²) in [6.07, 6.45) is 5.72. The third kappa shape index (κ3) is 8.68. The van der Waals surface area contributed by atoms with Crippen LogP contribution < -0.4 is 10.0 Å². The highest BCUT2D eigenvalue weighted by Gasteiger charge is 2.20. The molecule has 3 atom stereocenters. The summed E-state index contributed by atoms with van der Waals surface area (Å²) < 4.78 is 8.15. The summed E-state index contributed by atoms with van der Waals surface area (Å²) >= 11 is 1.96. The molecule has 5 nitrogen and oxygen atoms in total. The van der Waals surface area contributed by atoms with E-state index in [1.807, 2.05) is 18.0 Å². The van der Waals surface area contributed by atoms with Gasteiger partial charge in [0.15, 0.2) is 0 Å². The molecule has 4 rings (SSSR count). The first kappa shape index (κ1) is 27.8. The van der Waals surface area contributed by atoms with Crippen LogP contribution in [0.2, 0.25) is 0 Å². The number of rotatable bonds is 8. The van der Waals surface area contributed by atoms with E-state index in [4.69, 9.17) is 0 Å². The van der Waals surface area contributed by atoms with Crippen LogP contribution in [0.25, 0.3) is 10.8 Å². The van der Waals surface area contributed by atoms with E-state index in [0.29, 0.717) is 18.2 Å². The van der Waals surface area contributed by atoms with Crippen LogP contribution in [0, 0.1) is 5.92 Å². The minimum atomic E-state index is -0.330. The second kappa shape index (κ2) is 14.7. The number of hydrogen-bond acceptors (Lipinski definition) is 5. The van der Waals surface area contributed by atoms with Gasteiger partial charge in [-0.15, -0.1) is 0 Å². The summed E-state index contributed by atoms with van der Waals surface area (Å²) in [5.41, 5.74) is 1.99. The molecule has 6 heteroatoms. The minimum Gasteiger partial charge on any atom is -0.469 e. The number of carbonyl (C=O) groups excluding carboxylic acids is 2. The molecule has 0 aliphatic heterocycles. The fourth-order valence-electron chi connectivity index (χ4n) is 4.45. The number of hydrogen-bond donors (Lipinski definition) is 2. The van der Waals surface area contributed by atoms with Crippen LogP contribution in [-0.2, 0) is 9.53 Å². The molecule has 0 heterocycles. The van der Waals surface area contributed by atoms with Gasteiger partial charge in [0.1, 0.15) is 0 Å². The third-order valence-electron chi connectivity index (χ3n) is 6.47. The lowest BCUT2D eigenvalue weighted by molar-refractivity contribution is -0.140. The van der Waals surface area contributed by atoms with Gasteiger partial charge in [0.25, 0.3) is 5.91 Å². The second-order valence-electron chi connectivity index (χ2n) is 9.37. The molecule has 0 saturated heterocycles. The number of fused-ring (bicyclic) bond motifs is 1. The summed E-state index contributed by atoms with van der Waals surface area (Å²) in [6, 6.07) is 24.5. The maximum atomic E-state index is 11.5. The molecule has 3 aromatic rings. The molecule has 0 radical (unpaired) electrons. The van der Waals surface area contributed by atoms with E-state index in [-0.39, 0.29) is 18.3 Å². The maximum Gasteiger partial charge on any atom is 0.307 e. The molecule has 0 spiro atoms. The average Bonchev–Trinajstić information content (AvgIpc) is 2.92. The molecule has 1 aliphatic rings. The highest BCUT2D eigenvalue weighted by molar-refractivity contribution is 7.98. The monoisotopic (exact) mass is 506 g/mol. The highest BCUT2D eigenvalue weighted by atomic mass is 32.2. The lowest BCUT2D eigenvalue weighted by Crippen LogP contribution is -2.26. The van der Waals surface area contributed by atoms with Crippen molar-refractivity contribution in [1.29, 1.82) is 0 Å². The lowest BCUT2D eigenvalue weighted by Gasteiger charge is -2.27. The van der Waals surface area contributed by atoms with Crippen molar-refractivity contribution in [1.82, 2.24) is 10.0 Å². The standard InChI is InChI=1S/C19H25NS.C11H13NO3/c1-14-7-5-10-17(13-14)21-20-15(2)18-12-6-9-16-8-3-4-11-19(16)18;1-15-10(13)7-8-12-11(14)9-5-3-2-4-6-9/h3-4,6,8-9,11-12,14-15,17,20H,5,7,10,13H2,1-2H3;2-6H,7-8H2,1H3,(H,12,14). The van der Waals surface area contributed by atoms with Crippen molar-refractivity contribution in [2.75, 3.05) is 13.7 Å². The van der Waals surface area contributed by atoms with E-state index in [9.17, 15) is 9.59 Å². The van der Waals surface area contributed by atoms with Gasteiger partial charge in [-0.05, 0) is 54.2 Å². The molecule has 192 valence electrons. The summed E-state index contributed by atoms with van der Waals surface area (Å²) in [5.74, 6) is 0.383. The highest BCUT2D eigenvalue weighted by Crippen LogP contribution is 2.33. The van der Waals surface area contributed by atoms with Gasteiger partial charge in [-0.3, -0.25) is 14.3 Å². The van der Waals surface area contributed by atoms with Crippen molar-refractivity contribution < 1.29 is 14.3 Å². The Hall–Kier alpha value is -2.83. The summed E-state index contributed by atoms with van der Waals surface area (Å²) in [5, 5.41) is 6.11. The Morgan fingerprint density at radius 1 is 1.00 bits per heavy atom. The van der Waals surface area contributed by atoms with E-state index in [1.54, 1.807) is 24.3 Å². The normalized spacial score (nSPS) is 18.0. The van der Waals surface area contributed by atoms with Crippen molar-refractivity contribution in [2.45, 2.75) is 57.2 Å². The van der Waals surface area contributed by atoms with Crippen LogP contribution in [-0.4, -0.2) is 30.8 Å². The lowest BCUT2D eigenvalue weighted by atomic mass is 9.91. The van der Waals surface area contributed by atoms with Crippen molar-refractivity contribution >= 4 is 34.6 Å². The molecule has 36 heavy (non-hydrogen) atoms. The van der Waals surface area contributed by atoms with Crippen LogP contribution in [0.15, 0.2) is 72.8 Å². The number of amides is 1. The van der Waals surface area contributed by atoms with Crippen LogP contribution in [0.4, 0.5) is 0 Å². The van der Waals surface area contributed by atoms with Crippen molar-refractivity contribution in [3.63, 3.8) is 0 Å². The van der Waals surface area contributed by atoms with Crippen molar-refractivity contribution in [2.24, 2.45) is 5.92 Å². The number of nitrogens with one attached hydrogen (secondary N) is 2. The molecule has 0 bridgehead atoms. The molecular formula is C30H38N2O3S. The summed E-state index contributed by atoms with van der Waals surface area (Å²) in [7, 11) is 1.32. The molecular weight excluding hydrogens is 468 g/mol. The number of benzene rings is 3. The van der Waals surface area contributed by atoms with E-state index >= 15 is 0 Å². The zero-order chi connectivity index (χ0) is 25.8. The van der Waals surface area contributed by atoms with E-state index < -0.39 is 0 Å². The Morgan fingerprint density at radius 3 is 2.47 bits per heavy atom. The first-order chi connectivity index (χ1) is 17.5. The van der Waals surface area contributed by atoms with Crippen LogP contribution in [0.3, 0.4) is 0 Å². The molecule has 1 fully saturated rings. The quantitative estimate of drug-likeness (QED) is 0.263. The van der Waals surface area contributed by atoms with Crippen molar-refractivity contribution in [3.8, 4) is 0 Å². The van der Waals surface area contributed by atoms with Gasteiger partial charge in [-0.2, -0.15) is 0 Å². The SMILES string of the molecule is CC1CCCC(SNC(C)c2cccc3ccccc23)C1.COC(=O)CCNC(=O)c1ccccc1. The van der Waals surface area contributed by atoms with Gasteiger partial charge in [-0.25, -0.2) is 0 Å². The number of esters is 1. The Kier molecular flexibility index (Phi) is 11.3. The zero-order valence-electron chi connectivity index (χ0n) is 21.5. The zero-order valence-corrected chi connectivity index (χ0v) is 22.4. The van der Waals surface area contributed by atoms with E-state index in [0.717, 1.165) is 11.2 Å². The van der Waals surface area contributed by atoms with Gasteiger partial charge in [0.2, 0.25) is 0 Å². The molecule has 1 aliphatic carbocycles. The predicted octanol–water partition coefficient (Wildman–Crippen LogP) is 6.70. The summed E-state index contributed by atoms with van der Waals surface area (Å²) in [4.78, 5) is 22.2. The molecule has 3 aromatic carbocycles. The van der Waals surface area contributed by atoms with Crippen molar-refractivity contribution in [3.05, 3.63) is 83.9 Å². The number of methoxy groups -OCH3 is 1. The topological polar surface area (TPSA) is 67.4 Å². The average molecular weight is 507 g/mol. The van der Waals surface area contributed by atoms with Crippen LogP contribution in [0.5, 0.6) is 0 Å². The Balaban J connectivity index is 0.000000214. The summed E-state index contributed by atoms with van der Waals surface area (Å²) in [6.45, 7) is 4.96. The van der Waals surface area contributed by atoms with Gasteiger partial charge in [0, 0.05) is 23.4 Å². The number of ether oxygens (including phenoxy) is 1. The van der Waals surface area contributed by atoms with Gasteiger partial charge in [0.05, 0.1) is 13.5 Å². The smallest absolute Gasteiger partial charge is 0.307 e. The van der Waals surface area contributed by atoms with Gasteiger partial charge in [-0.1, -0.05) is 92.4 Å². The van der Waals surface area contributed by atoms with Gasteiger partial charge < -0.3 is 10.1 Å². The molecule has 3 unspecified atom stereocenters. The first-order valence-corrected chi connectivity index (χ1v) is 13.6. The maximum absolute atomic E-state index is 11.5.